The summed E-state index contributed by atoms with van der Waals surface area (Å²) in [4.78, 5) is 21.3. The molecule has 0 aromatic carbocycles. The van der Waals surface area contributed by atoms with Gasteiger partial charge in [-0.25, -0.2) is 4.79 Å². The molecule has 0 aliphatic heterocycles. The van der Waals surface area contributed by atoms with E-state index in [-0.39, 0.29) is 12.6 Å². The van der Waals surface area contributed by atoms with Gasteiger partial charge in [-0.3, -0.25) is 4.79 Å². The first-order valence-corrected chi connectivity index (χ1v) is 5.07. The second-order valence-corrected chi connectivity index (χ2v) is 3.47. The Labute approximate surface area is 89.9 Å². The maximum atomic E-state index is 10.9. The van der Waals surface area contributed by atoms with Crippen LogP contribution in [0.25, 0.3) is 0 Å². The number of rotatable bonds is 7. The van der Waals surface area contributed by atoms with Gasteiger partial charge in [0.2, 0.25) is 0 Å². The largest absolute Gasteiger partial charge is 0.463 e. The highest BCUT2D eigenvalue weighted by Gasteiger charge is 2.04. The standard InChI is InChI=1S/C10H19NO4/c1-8(11)5-3-4-6-14-10(13)7-15-9(2)12/h8H,3-7,11H2,1-2H3. The Bertz CT molecular complexity index is 204. The number of hydrogen-bond donors (Lipinski definition) is 1. The fraction of sp³-hybridized carbons (Fsp3) is 0.800. The van der Waals surface area contributed by atoms with E-state index in [9.17, 15) is 9.59 Å². The van der Waals surface area contributed by atoms with E-state index >= 15 is 0 Å². The monoisotopic (exact) mass is 217 g/mol. The fourth-order valence-corrected chi connectivity index (χ4v) is 0.957. The van der Waals surface area contributed by atoms with E-state index in [0.717, 1.165) is 19.3 Å². The highest BCUT2D eigenvalue weighted by atomic mass is 16.6. The number of ether oxygens (including phenoxy) is 2. The molecule has 0 bridgehead atoms. The molecule has 0 aliphatic rings. The zero-order chi connectivity index (χ0) is 11.7. The minimum atomic E-state index is -0.508. The third-order valence-electron chi connectivity index (χ3n) is 1.71. The van der Waals surface area contributed by atoms with Crippen LogP contribution in [0.4, 0.5) is 0 Å². The van der Waals surface area contributed by atoms with Crippen LogP contribution in [0.1, 0.15) is 33.1 Å². The molecule has 0 rings (SSSR count). The molecule has 0 aromatic heterocycles. The van der Waals surface area contributed by atoms with Crippen molar-refractivity contribution in [2.45, 2.75) is 39.2 Å². The van der Waals surface area contributed by atoms with Crippen LogP contribution in [0, 0.1) is 0 Å². The van der Waals surface area contributed by atoms with E-state index in [1.165, 1.54) is 6.92 Å². The number of carbonyl (C=O) groups is 2. The van der Waals surface area contributed by atoms with Gasteiger partial charge in [0, 0.05) is 13.0 Å². The van der Waals surface area contributed by atoms with Gasteiger partial charge in [-0.2, -0.15) is 0 Å². The summed E-state index contributed by atoms with van der Waals surface area (Å²) in [5, 5.41) is 0. The van der Waals surface area contributed by atoms with Gasteiger partial charge in [0.1, 0.15) is 0 Å². The number of nitrogens with two attached hydrogens (primary N) is 1. The highest BCUT2D eigenvalue weighted by Crippen LogP contribution is 1.98. The van der Waals surface area contributed by atoms with Gasteiger partial charge in [-0.1, -0.05) is 0 Å². The summed E-state index contributed by atoms with van der Waals surface area (Å²) in [5.41, 5.74) is 5.55. The predicted octanol–water partition coefficient (Wildman–Crippen LogP) is 0.610. The number of unbranched alkanes of at least 4 members (excludes halogenated alkanes) is 1. The van der Waals surface area contributed by atoms with Crippen LogP contribution in [-0.4, -0.2) is 31.2 Å². The predicted molar refractivity (Wildman–Crippen MR) is 55.1 cm³/mol. The molecule has 5 heteroatoms. The van der Waals surface area contributed by atoms with Gasteiger partial charge >= 0.3 is 11.9 Å². The van der Waals surface area contributed by atoms with Crippen molar-refractivity contribution in [1.82, 2.24) is 0 Å². The Morgan fingerprint density at radius 3 is 2.47 bits per heavy atom. The molecule has 0 saturated heterocycles. The Balaban J connectivity index is 3.28. The van der Waals surface area contributed by atoms with E-state index < -0.39 is 11.9 Å². The molecule has 0 saturated carbocycles. The molecule has 0 fully saturated rings. The molecule has 0 aliphatic carbocycles. The summed E-state index contributed by atoms with van der Waals surface area (Å²) in [7, 11) is 0. The molecular formula is C10H19NO4. The zero-order valence-electron chi connectivity index (χ0n) is 9.32. The average molecular weight is 217 g/mol. The molecule has 0 spiro atoms. The molecule has 1 unspecified atom stereocenters. The van der Waals surface area contributed by atoms with Crippen molar-refractivity contribution < 1.29 is 19.1 Å². The second-order valence-electron chi connectivity index (χ2n) is 3.47. The molecule has 2 N–H and O–H groups in total. The lowest BCUT2D eigenvalue weighted by molar-refractivity contribution is -0.157. The topological polar surface area (TPSA) is 78.6 Å². The quantitative estimate of drug-likeness (QED) is 0.499. The van der Waals surface area contributed by atoms with Crippen LogP contribution in [0.15, 0.2) is 0 Å². The summed E-state index contributed by atoms with van der Waals surface area (Å²) in [5.74, 6) is -0.991. The maximum Gasteiger partial charge on any atom is 0.344 e. The SMILES string of the molecule is CC(=O)OCC(=O)OCCCCC(C)N. The molecule has 0 amide bonds. The summed E-state index contributed by atoms with van der Waals surface area (Å²) in [6.45, 7) is 3.23. The van der Waals surface area contributed by atoms with E-state index in [0.29, 0.717) is 6.61 Å². The minimum Gasteiger partial charge on any atom is -0.463 e. The summed E-state index contributed by atoms with van der Waals surface area (Å²) < 4.78 is 9.28. The molecule has 0 radical (unpaired) electrons. The Morgan fingerprint density at radius 2 is 1.93 bits per heavy atom. The normalized spacial score (nSPS) is 11.9. The molecule has 0 heterocycles. The fourth-order valence-electron chi connectivity index (χ4n) is 0.957. The molecule has 15 heavy (non-hydrogen) atoms. The molecule has 0 aromatic rings. The summed E-state index contributed by atoms with van der Waals surface area (Å²) >= 11 is 0. The lowest BCUT2D eigenvalue weighted by atomic mass is 10.1. The van der Waals surface area contributed by atoms with Crippen molar-refractivity contribution in [2.75, 3.05) is 13.2 Å². The smallest absolute Gasteiger partial charge is 0.344 e. The third kappa shape index (κ3) is 10.8. The molecular weight excluding hydrogens is 198 g/mol. The number of carbonyl (C=O) groups excluding carboxylic acids is 2. The number of esters is 2. The van der Waals surface area contributed by atoms with Gasteiger partial charge in [0.05, 0.1) is 6.61 Å². The van der Waals surface area contributed by atoms with Crippen molar-refractivity contribution in [3.63, 3.8) is 0 Å². The van der Waals surface area contributed by atoms with Crippen molar-refractivity contribution in [2.24, 2.45) is 5.73 Å². The van der Waals surface area contributed by atoms with Gasteiger partial charge in [-0.15, -0.1) is 0 Å². The highest BCUT2D eigenvalue weighted by molar-refractivity contribution is 5.75. The van der Waals surface area contributed by atoms with Gasteiger partial charge in [0.15, 0.2) is 6.61 Å². The minimum absolute atomic E-state index is 0.182. The number of hydrogen-bond acceptors (Lipinski definition) is 5. The van der Waals surface area contributed by atoms with Crippen molar-refractivity contribution in [3.05, 3.63) is 0 Å². The lowest BCUT2D eigenvalue weighted by Gasteiger charge is -2.06. The molecule has 88 valence electrons. The molecule has 5 nitrogen and oxygen atoms in total. The van der Waals surface area contributed by atoms with Crippen molar-refractivity contribution in [1.29, 1.82) is 0 Å². The lowest BCUT2D eigenvalue weighted by Crippen LogP contribution is -2.16. The molecule has 1 atom stereocenters. The Hall–Kier alpha value is -1.10. The van der Waals surface area contributed by atoms with Crippen LogP contribution in [-0.2, 0) is 19.1 Å². The van der Waals surface area contributed by atoms with Crippen molar-refractivity contribution >= 4 is 11.9 Å². The first-order chi connectivity index (χ1) is 7.02. The van der Waals surface area contributed by atoms with Gasteiger partial charge in [-0.05, 0) is 26.2 Å². The van der Waals surface area contributed by atoms with E-state index in [1.54, 1.807) is 0 Å². The van der Waals surface area contributed by atoms with Crippen LogP contribution < -0.4 is 5.73 Å². The van der Waals surface area contributed by atoms with E-state index in [2.05, 4.69) is 4.74 Å². The van der Waals surface area contributed by atoms with Crippen LogP contribution in [0.2, 0.25) is 0 Å². The summed E-state index contributed by atoms with van der Waals surface area (Å²) in [6.07, 6.45) is 2.63. The van der Waals surface area contributed by atoms with Gasteiger partial charge in [0.25, 0.3) is 0 Å². The van der Waals surface area contributed by atoms with E-state index in [1.807, 2.05) is 6.92 Å². The van der Waals surface area contributed by atoms with Crippen molar-refractivity contribution in [3.8, 4) is 0 Å². The first kappa shape index (κ1) is 13.9. The maximum absolute atomic E-state index is 10.9. The third-order valence-corrected chi connectivity index (χ3v) is 1.71. The van der Waals surface area contributed by atoms with Crippen LogP contribution >= 0.6 is 0 Å². The van der Waals surface area contributed by atoms with Crippen LogP contribution in [0.3, 0.4) is 0 Å². The van der Waals surface area contributed by atoms with E-state index in [4.69, 9.17) is 10.5 Å². The second kappa shape index (κ2) is 8.23. The average Bonchev–Trinajstić information content (AvgIpc) is 2.13. The Morgan fingerprint density at radius 1 is 1.27 bits per heavy atom. The first-order valence-electron chi connectivity index (χ1n) is 5.07. The van der Waals surface area contributed by atoms with Crippen LogP contribution in [0.5, 0.6) is 0 Å². The zero-order valence-corrected chi connectivity index (χ0v) is 9.32. The van der Waals surface area contributed by atoms with Gasteiger partial charge < -0.3 is 15.2 Å². The Kier molecular flexibility index (Phi) is 7.62. The summed E-state index contributed by atoms with van der Waals surface area (Å²) in [6, 6.07) is 0.182.